The van der Waals surface area contributed by atoms with E-state index in [0.717, 1.165) is 16.8 Å². The largest absolute Gasteiger partial charge is 0.416 e. The van der Waals surface area contributed by atoms with Crippen molar-refractivity contribution in [2.45, 2.75) is 0 Å². The van der Waals surface area contributed by atoms with Gasteiger partial charge in [0.1, 0.15) is 0 Å². The smallest absolute Gasteiger partial charge is 0.248 e. The zero-order valence-corrected chi connectivity index (χ0v) is 24.3. The number of hydrogen-bond donors (Lipinski definition) is 0. The van der Waals surface area contributed by atoms with Crippen LogP contribution in [0, 0.1) is 0 Å². The summed E-state index contributed by atoms with van der Waals surface area (Å²) in [6.45, 7) is 0. The van der Waals surface area contributed by atoms with Crippen LogP contribution in [0.5, 0.6) is 0 Å². The molecule has 8 rings (SSSR count). The molecule has 0 fully saturated rings. The molecule has 5 heteroatoms. The highest BCUT2D eigenvalue weighted by molar-refractivity contribution is 7.21. The van der Waals surface area contributed by atoms with E-state index < -0.39 is 8.07 Å². The summed E-state index contributed by atoms with van der Waals surface area (Å²) in [5, 5.41) is 14.1. The number of para-hydroxylation sites is 2. The number of fused-ring (bicyclic) bond motifs is 2. The van der Waals surface area contributed by atoms with E-state index in [2.05, 4.69) is 149 Å². The molecule has 1 aromatic heterocycles. The van der Waals surface area contributed by atoms with Crippen LogP contribution in [-0.4, -0.2) is 18.3 Å². The van der Waals surface area contributed by atoms with Crippen LogP contribution in [0.2, 0.25) is 0 Å². The molecule has 4 nitrogen and oxygen atoms in total. The molecular weight excluding hydrogens is 543 g/mol. The molecule has 1 aliphatic rings. The Labute approximate surface area is 251 Å². The van der Waals surface area contributed by atoms with Gasteiger partial charge < -0.3 is 9.32 Å². The van der Waals surface area contributed by atoms with Gasteiger partial charge in [-0.1, -0.05) is 115 Å². The lowest BCUT2D eigenvalue weighted by molar-refractivity contribution is 0.584. The number of nitrogens with zero attached hydrogens (tertiary/aromatic N) is 3. The first kappa shape index (κ1) is 25.2. The van der Waals surface area contributed by atoms with Crippen LogP contribution in [0.1, 0.15) is 0 Å². The third-order valence-electron chi connectivity index (χ3n) is 8.33. The monoisotopic (exact) mass is 569 g/mol. The van der Waals surface area contributed by atoms with E-state index in [-0.39, 0.29) is 0 Å². The van der Waals surface area contributed by atoms with Gasteiger partial charge in [-0.2, -0.15) is 0 Å². The predicted octanol–water partition coefficient (Wildman–Crippen LogP) is 6.56. The normalized spacial score (nSPS) is 13.3. The van der Waals surface area contributed by atoms with Crippen LogP contribution in [0.25, 0.3) is 22.9 Å². The van der Waals surface area contributed by atoms with Crippen molar-refractivity contribution in [1.82, 2.24) is 10.2 Å². The fourth-order valence-corrected chi connectivity index (χ4v) is 11.6. The fourth-order valence-electron chi connectivity index (χ4n) is 6.48. The van der Waals surface area contributed by atoms with Crippen molar-refractivity contribution < 1.29 is 4.42 Å². The quantitative estimate of drug-likeness (QED) is 0.220. The molecule has 6 aromatic carbocycles. The Morgan fingerprint density at radius 1 is 0.419 bits per heavy atom. The zero-order chi connectivity index (χ0) is 28.6. The Morgan fingerprint density at radius 2 is 0.837 bits per heavy atom. The molecule has 2 heterocycles. The van der Waals surface area contributed by atoms with E-state index in [0.29, 0.717) is 11.8 Å². The first-order chi connectivity index (χ1) is 21.3. The van der Waals surface area contributed by atoms with Gasteiger partial charge >= 0.3 is 0 Å². The highest BCUT2D eigenvalue weighted by Gasteiger charge is 2.48. The highest BCUT2D eigenvalue weighted by atomic mass is 28.3. The van der Waals surface area contributed by atoms with Gasteiger partial charge in [-0.15, -0.1) is 10.2 Å². The molecule has 0 amide bonds. The van der Waals surface area contributed by atoms with E-state index in [1.165, 1.54) is 32.1 Å². The SMILES string of the molecule is c1ccc(-c2nnc(-c3ccc(N4c5ccccc5[Si](c5ccccc5)(c5ccccc5)c5ccccc54)cc3)o2)cc1. The standard InChI is InChI=1S/C38H27N3OSi/c1-4-14-28(15-5-1)37-39-40-38(42-37)29-24-26-30(27-25-29)41-33-20-10-12-22-35(33)43(31-16-6-2-7-17-31,32-18-8-3-9-19-32)36-23-13-11-21-34(36)41/h1-27H. The maximum Gasteiger partial charge on any atom is 0.248 e. The fraction of sp³-hybridized carbons (Fsp3) is 0. The minimum atomic E-state index is -2.62. The van der Waals surface area contributed by atoms with Crippen molar-refractivity contribution in [2.24, 2.45) is 0 Å². The van der Waals surface area contributed by atoms with Crippen molar-refractivity contribution in [3.05, 3.63) is 164 Å². The first-order valence-corrected chi connectivity index (χ1v) is 16.4. The van der Waals surface area contributed by atoms with Crippen LogP contribution in [-0.2, 0) is 0 Å². The van der Waals surface area contributed by atoms with Gasteiger partial charge in [0.05, 0.1) is 0 Å². The molecular formula is C38H27N3OSi. The molecule has 0 atom stereocenters. The minimum Gasteiger partial charge on any atom is -0.416 e. The molecule has 0 N–H and O–H groups in total. The van der Waals surface area contributed by atoms with Crippen LogP contribution in [0.15, 0.2) is 168 Å². The number of benzene rings is 6. The minimum absolute atomic E-state index is 0.504. The summed E-state index contributed by atoms with van der Waals surface area (Å²) >= 11 is 0. The van der Waals surface area contributed by atoms with Crippen LogP contribution in [0.3, 0.4) is 0 Å². The molecule has 0 saturated heterocycles. The van der Waals surface area contributed by atoms with Gasteiger partial charge in [-0.25, -0.2) is 0 Å². The third kappa shape index (κ3) is 4.05. The Kier molecular flexibility index (Phi) is 6.09. The van der Waals surface area contributed by atoms with Gasteiger partial charge in [-0.3, -0.25) is 0 Å². The summed E-state index contributed by atoms with van der Waals surface area (Å²) in [4.78, 5) is 2.40. The van der Waals surface area contributed by atoms with Crippen molar-refractivity contribution in [3.63, 3.8) is 0 Å². The van der Waals surface area contributed by atoms with E-state index >= 15 is 0 Å². The maximum absolute atomic E-state index is 6.05. The van der Waals surface area contributed by atoms with Crippen molar-refractivity contribution in [1.29, 1.82) is 0 Å². The van der Waals surface area contributed by atoms with Crippen LogP contribution < -0.4 is 25.6 Å². The van der Waals surface area contributed by atoms with Gasteiger partial charge in [0.2, 0.25) is 11.8 Å². The summed E-state index contributed by atoms with van der Waals surface area (Å²) in [6.07, 6.45) is 0. The molecule has 0 aliphatic carbocycles. The van der Waals surface area contributed by atoms with Crippen LogP contribution >= 0.6 is 0 Å². The molecule has 43 heavy (non-hydrogen) atoms. The molecule has 0 bridgehead atoms. The van der Waals surface area contributed by atoms with Gasteiger partial charge in [0, 0.05) is 28.2 Å². The summed E-state index contributed by atoms with van der Waals surface area (Å²) in [6, 6.07) is 58.3. The number of aromatic nitrogens is 2. The second kappa shape index (κ2) is 10.4. The summed E-state index contributed by atoms with van der Waals surface area (Å²) in [7, 11) is -2.62. The zero-order valence-electron chi connectivity index (χ0n) is 23.3. The topological polar surface area (TPSA) is 42.2 Å². The Bertz CT molecular complexity index is 1930. The van der Waals surface area contributed by atoms with Gasteiger partial charge in [-0.05, 0) is 69.3 Å². The average molecular weight is 570 g/mol. The number of hydrogen-bond acceptors (Lipinski definition) is 4. The molecule has 1 aliphatic heterocycles. The summed E-state index contributed by atoms with van der Waals surface area (Å²) < 4.78 is 6.05. The summed E-state index contributed by atoms with van der Waals surface area (Å²) in [5.74, 6) is 1.02. The van der Waals surface area contributed by atoms with Crippen LogP contribution in [0.4, 0.5) is 17.1 Å². The number of anilines is 3. The molecule has 0 saturated carbocycles. The maximum atomic E-state index is 6.05. The Hall–Kier alpha value is -5.52. The van der Waals surface area contributed by atoms with E-state index in [1.807, 2.05) is 30.3 Å². The van der Waals surface area contributed by atoms with Gasteiger partial charge in [0.25, 0.3) is 0 Å². The lowest BCUT2D eigenvalue weighted by Crippen LogP contribution is -2.77. The molecule has 7 aromatic rings. The molecule has 0 spiro atoms. The van der Waals surface area contributed by atoms with E-state index in [1.54, 1.807) is 0 Å². The first-order valence-electron chi connectivity index (χ1n) is 14.4. The molecule has 204 valence electrons. The highest BCUT2D eigenvalue weighted by Crippen LogP contribution is 2.38. The Balaban J connectivity index is 1.29. The second-order valence-electron chi connectivity index (χ2n) is 10.7. The lowest BCUT2D eigenvalue weighted by atomic mass is 10.1. The van der Waals surface area contributed by atoms with E-state index in [9.17, 15) is 0 Å². The predicted molar refractivity (Wildman–Crippen MR) is 177 cm³/mol. The summed E-state index contributed by atoms with van der Waals surface area (Å²) in [5.41, 5.74) is 5.28. The van der Waals surface area contributed by atoms with Crippen molar-refractivity contribution in [3.8, 4) is 22.9 Å². The molecule has 0 radical (unpaired) electrons. The molecule has 0 unspecified atom stereocenters. The number of rotatable bonds is 5. The van der Waals surface area contributed by atoms with Crippen molar-refractivity contribution >= 4 is 45.9 Å². The second-order valence-corrected chi connectivity index (χ2v) is 14.4. The van der Waals surface area contributed by atoms with E-state index in [4.69, 9.17) is 4.42 Å². The van der Waals surface area contributed by atoms with Gasteiger partial charge in [0.15, 0.2) is 8.07 Å². The van der Waals surface area contributed by atoms with Crippen molar-refractivity contribution in [2.75, 3.05) is 4.90 Å². The lowest BCUT2D eigenvalue weighted by Gasteiger charge is -2.45. The third-order valence-corrected chi connectivity index (χ3v) is 13.2. The average Bonchev–Trinajstić information content (AvgIpc) is 3.59. The Morgan fingerprint density at radius 3 is 1.35 bits per heavy atom.